The number of rotatable bonds is 3. The van der Waals surface area contributed by atoms with Gasteiger partial charge in [0.05, 0.1) is 0 Å². The van der Waals surface area contributed by atoms with Crippen LogP contribution in [0.1, 0.15) is 39.2 Å². The number of hydrogen-bond acceptors (Lipinski definition) is 2. The molecule has 1 aliphatic heterocycles. The summed E-state index contributed by atoms with van der Waals surface area (Å²) in [5.41, 5.74) is 1.68. The Balaban J connectivity index is 2.05. The molecule has 1 N–H and O–H groups in total. The maximum atomic E-state index is 12.8. The van der Waals surface area contributed by atoms with Crippen molar-refractivity contribution in [3.63, 3.8) is 0 Å². The number of benzene rings is 1. The maximum absolute atomic E-state index is 12.8. The fourth-order valence-electron chi connectivity index (χ4n) is 3.14. The van der Waals surface area contributed by atoms with E-state index in [1.807, 2.05) is 42.7 Å². The van der Waals surface area contributed by atoms with Crippen LogP contribution in [0.2, 0.25) is 5.02 Å². The van der Waals surface area contributed by atoms with Crippen LogP contribution in [0.15, 0.2) is 18.2 Å². The van der Waals surface area contributed by atoms with Gasteiger partial charge in [-0.2, -0.15) is 0 Å². The van der Waals surface area contributed by atoms with E-state index in [0.717, 1.165) is 18.4 Å². The average Bonchev–Trinajstić information content (AvgIpc) is 2.51. The van der Waals surface area contributed by atoms with Crippen LogP contribution in [0.5, 0.6) is 0 Å². The number of piperidine rings is 1. The molecular formula is C18H26ClN3O2. The SMILES string of the molecule is CC(=O)N1CCC(N(C(=O)Nc2ccc(C)c(Cl)c2)C(C)C)CC1. The van der Waals surface area contributed by atoms with Crippen molar-refractivity contribution in [2.75, 3.05) is 18.4 Å². The molecule has 0 spiro atoms. The highest BCUT2D eigenvalue weighted by Crippen LogP contribution is 2.23. The summed E-state index contributed by atoms with van der Waals surface area (Å²) < 4.78 is 0. The molecule has 1 aliphatic rings. The number of nitrogens with zero attached hydrogens (tertiary/aromatic N) is 2. The number of amides is 3. The van der Waals surface area contributed by atoms with Crippen molar-refractivity contribution in [2.24, 2.45) is 0 Å². The van der Waals surface area contributed by atoms with E-state index in [-0.39, 0.29) is 24.0 Å². The standard InChI is InChI=1S/C18H26ClN3O2/c1-12(2)22(16-7-9-21(10-8-16)14(4)23)18(24)20-15-6-5-13(3)17(19)11-15/h5-6,11-12,16H,7-10H2,1-4H3,(H,20,24). The number of anilines is 1. The summed E-state index contributed by atoms with van der Waals surface area (Å²) in [6.45, 7) is 8.95. The lowest BCUT2D eigenvalue weighted by atomic mass is 10.0. The number of likely N-dealkylation sites (tertiary alicyclic amines) is 1. The van der Waals surface area contributed by atoms with E-state index in [0.29, 0.717) is 23.8 Å². The lowest BCUT2D eigenvalue weighted by Gasteiger charge is -2.40. The molecule has 132 valence electrons. The highest BCUT2D eigenvalue weighted by atomic mass is 35.5. The summed E-state index contributed by atoms with van der Waals surface area (Å²) in [5, 5.41) is 3.58. The molecule has 1 heterocycles. The molecule has 2 rings (SSSR count). The topological polar surface area (TPSA) is 52.7 Å². The Morgan fingerprint density at radius 2 is 1.92 bits per heavy atom. The van der Waals surface area contributed by atoms with Crippen LogP contribution in [0.4, 0.5) is 10.5 Å². The monoisotopic (exact) mass is 351 g/mol. The summed E-state index contributed by atoms with van der Waals surface area (Å²) in [7, 11) is 0. The van der Waals surface area contributed by atoms with Crippen LogP contribution >= 0.6 is 11.6 Å². The lowest BCUT2D eigenvalue weighted by molar-refractivity contribution is -0.130. The minimum absolute atomic E-state index is 0.0831. The van der Waals surface area contributed by atoms with Gasteiger partial charge in [-0.05, 0) is 51.3 Å². The minimum atomic E-state index is -0.119. The molecule has 0 unspecified atom stereocenters. The normalized spacial score (nSPS) is 15.5. The van der Waals surface area contributed by atoms with Crippen molar-refractivity contribution < 1.29 is 9.59 Å². The van der Waals surface area contributed by atoms with Gasteiger partial charge < -0.3 is 15.1 Å². The van der Waals surface area contributed by atoms with Crippen LogP contribution in [0.25, 0.3) is 0 Å². The molecule has 1 fully saturated rings. The van der Waals surface area contributed by atoms with Crippen molar-refractivity contribution in [2.45, 2.75) is 52.6 Å². The highest BCUT2D eigenvalue weighted by Gasteiger charge is 2.30. The van der Waals surface area contributed by atoms with Crippen molar-refractivity contribution in [1.82, 2.24) is 9.80 Å². The first-order valence-electron chi connectivity index (χ1n) is 8.40. The Hall–Kier alpha value is -1.75. The first-order chi connectivity index (χ1) is 11.3. The molecule has 1 aromatic rings. The molecular weight excluding hydrogens is 326 g/mol. The molecule has 5 nitrogen and oxygen atoms in total. The number of nitrogens with one attached hydrogen (secondary N) is 1. The molecule has 0 aliphatic carbocycles. The van der Waals surface area contributed by atoms with E-state index in [4.69, 9.17) is 11.6 Å². The number of aryl methyl sites for hydroxylation is 1. The van der Waals surface area contributed by atoms with Crippen molar-refractivity contribution in [3.05, 3.63) is 28.8 Å². The fourth-order valence-corrected chi connectivity index (χ4v) is 3.32. The van der Waals surface area contributed by atoms with Gasteiger partial charge in [0.1, 0.15) is 0 Å². The molecule has 3 amide bonds. The lowest BCUT2D eigenvalue weighted by Crippen LogP contribution is -2.52. The van der Waals surface area contributed by atoms with E-state index >= 15 is 0 Å². The minimum Gasteiger partial charge on any atom is -0.343 e. The van der Waals surface area contributed by atoms with Crippen LogP contribution in [0, 0.1) is 6.92 Å². The van der Waals surface area contributed by atoms with Gasteiger partial charge in [0.25, 0.3) is 0 Å². The van der Waals surface area contributed by atoms with Gasteiger partial charge in [-0.15, -0.1) is 0 Å². The van der Waals surface area contributed by atoms with Gasteiger partial charge >= 0.3 is 6.03 Å². The first kappa shape index (κ1) is 18.6. The zero-order chi connectivity index (χ0) is 17.9. The molecule has 1 aromatic carbocycles. The highest BCUT2D eigenvalue weighted by molar-refractivity contribution is 6.31. The molecule has 24 heavy (non-hydrogen) atoms. The quantitative estimate of drug-likeness (QED) is 0.897. The Morgan fingerprint density at radius 3 is 2.42 bits per heavy atom. The first-order valence-corrected chi connectivity index (χ1v) is 8.78. The van der Waals surface area contributed by atoms with Crippen LogP contribution in [-0.2, 0) is 4.79 Å². The summed E-state index contributed by atoms with van der Waals surface area (Å²) >= 11 is 6.13. The second-order valence-electron chi connectivity index (χ2n) is 6.63. The van der Waals surface area contributed by atoms with E-state index in [9.17, 15) is 9.59 Å². The van der Waals surface area contributed by atoms with Gasteiger partial charge in [-0.1, -0.05) is 17.7 Å². The Kier molecular flexibility index (Phi) is 6.10. The molecule has 0 saturated carbocycles. The van der Waals surface area contributed by atoms with Crippen LogP contribution in [-0.4, -0.2) is 46.9 Å². The number of carbonyl (C=O) groups is 2. The Bertz CT molecular complexity index is 610. The fraction of sp³-hybridized carbons (Fsp3) is 0.556. The summed E-state index contributed by atoms with van der Waals surface area (Å²) in [6, 6.07) is 5.62. The number of carbonyl (C=O) groups excluding carboxylic acids is 2. The summed E-state index contributed by atoms with van der Waals surface area (Å²) in [4.78, 5) is 27.9. The van der Waals surface area contributed by atoms with Crippen molar-refractivity contribution in [1.29, 1.82) is 0 Å². The van der Waals surface area contributed by atoms with Crippen LogP contribution in [0.3, 0.4) is 0 Å². The molecule has 0 atom stereocenters. The third-order valence-corrected chi connectivity index (χ3v) is 4.92. The van der Waals surface area contributed by atoms with Crippen LogP contribution < -0.4 is 5.32 Å². The molecule has 0 radical (unpaired) electrons. The van der Waals surface area contributed by atoms with Gasteiger partial charge in [0, 0.05) is 42.8 Å². The number of halogens is 1. The second-order valence-corrected chi connectivity index (χ2v) is 7.04. The summed E-state index contributed by atoms with van der Waals surface area (Å²) in [6.07, 6.45) is 1.61. The molecule has 0 aromatic heterocycles. The molecule has 6 heteroatoms. The number of urea groups is 1. The van der Waals surface area contributed by atoms with Gasteiger partial charge in [-0.25, -0.2) is 4.79 Å². The summed E-state index contributed by atoms with van der Waals surface area (Å²) in [5.74, 6) is 0.100. The van der Waals surface area contributed by atoms with Crippen molar-refractivity contribution in [3.8, 4) is 0 Å². The maximum Gasteiger partial charge on any atom is 0.322 e. The van der Waals surface area contributed by atoms with Gasteiger partial charge in [-0.3, -0.25) is 4.79 Å². The smallest absolute Gasteiger partial charge is 0.322 e. The Morgan fingerprint density at radius 1 is 1.29 bits per heavy atom. The zero-order valence-electron chi connectivity index (χ0n) is 14.8. The Labute approximate surface area is 149 Å². The largest absolute Gasteiger partial charge is 0.343 e. The zero-order valence-corrected chi connectivity index (χ0v) is 15.6. The third-order valence-electron chi connectivity index (χ3n) is 4.52. The second kappa shape index (κ2) is 7.88. The van der Waals surface area contributed by atoms with Gasteiger partial charge in [0.2, 0.25) is 5.91 Å². The van der Waals surface area contributed by atoms with E-state index < -0.39 is 0 Å². The van der Waals surface area contributed by atoms with E-state index in [1.165, 1.54) is 0 Å². The number of hydrogen-bond donors (Lipinski definition) is 1. The van der Waals surface area contributed by atoms with Crippen molar-refractivity contribution >= 4 is 29.2 Å². The molecule has 0 bridgehead atoms. The molecule has 1 saturated heterocycles. The third kappa shape index (κ3) is 4.41. The van der Waals surface area contributed by atoms with Gasteiger partial charge in [0.15, 0.2) is 0 Å². The average molecular weight is 352 g/mol. The van der Waals surface area contributed by atoms with E-state index in [2.05, 4.69) is 5.32 Å². The van der Waals surface area contributed by atoms with E-state index in [1.54, 1.807) is 13.0 Å². The predicted octanol–water partition coefficient (Wildman–Crippen LogP) is 3.90. The predicted molar refractivity (Wildman–Crippen MR) is 97.5 cm³/mol.